The van der Waals surface area contributed by atoms with Crippen molar-refractivity contribution in [2.24, 2.45) is 0 Å². The maximum Gasteiger partial charge on any atom is 0.350 e. The molecule has 96 valence electrons. The molecule has 0 spiro atoms. The summed E-state index contributed by atoms with van der Waals surface area (Å²) in [4.78, 5) is 21.3. The van der Waals surface area contributed by atoms with Crippen molar-refractivity contribution >= 4 is 16.9 Å². The second kappa shape index (κ2) is 3.93. The summed E-state index contributed by atoms with van der Waals surface area (Å²) < 4.78 is 2.22. The predicted octanol–water partition coefficient (Wildman–Crippen LogP) is -2.47. The number of aromatic amines is 1. The molecule has 1 aliphatic heterocycles. The van der Waals surface area contributed by atoms with E-state index in [0.29, 0.717) is 0 Å². The Labute approximate surface area is 105 Å². The number of nitrogens with zero attached hydrogens (tertiary/aromatic N) is 2. The van der Waals surface area contributed by atoms with Gasteiger partial charge in [0.25, 0.3) is 0 Å². The summed E-state index contributed by atoms with van der Waals surface area (Å²) in [5, 5.41) is 0. The summed E-state index contributed by atoms with van der Waals surface area (Å²) in [6.45, 7) is 2.86. The summed E-state index contributed by atoms with van der Waals surface area (Å²) >= 11 is 0. The highest BCUT2D eigenvalue weighted by Gasteiger charge is 2.25. The SMILES string of the molecule is C[NH+](C)Cc1cn2c3c([nH]c(=O)nc13)[NH+](C)CC2. The Morgan fingerprint density at radius 1 is 1.56 bits per heavy atom. The number of quaternary nitrogens is 2. The van der Waals surface area contributed by atoms with Crippen LogP contribution < -0.4 is 15.5 Å². The lowest BCUT2D eigenvalue weighted by Crippen LogP contribution is -3.05. The van der Waals surface area contributed by atoms with Gasteiger partial charge in [-0.15, -0.1) is 0 Å². The Kier molecular flexibility index (Phi) is 2.49. The minimum atomic E-state index is -0.244. The lowest BCUT2D eigenvalue weighted by atomic mass is 10.2. The molecule has 0 aliphatic carbocycles. The van der Waals surface area contributed by atoms with Crippen molar-refractivity contribution in [2.75, 3.05) is 27.7 Å². The van der Waals surface area contributed by atoms with Crippen LogP contribution in [0.4, 0.5) is 5.82 Å². The molecule has 0 aromatic carbocycles. The highest BCUT2D eigenvalue weighted by atomic mass is 16.1. The number of rotatable bonds is 2. The largest absolute Gasteiger partial charge is 0.350 e. The minimum Gasteiger partial charge on any atom is -0.336 e. The van der Waals surface area contributed by atoms with E-state index in [1.165, 1.54) is 9.80 Å². The maximum absolute atomic E-state index is 11.7. The summed E-state index contributed by atoms with van der Waals surface area (Å²) in [5.74, 6) is 0.969. The molecule has 0 radical (unpaired) electrons. The lowest BCUT2D eigenvalue weighted by molar-refractivity contribution is -0.872. The average molecular weight is 249 g/mol. The zero-order valence-electron chi connectivity index (χ0n) is 11.0. The number of likely N-dealkylation sites (N-methyl/N-ethyl adjacent to an activating group) is 1. The second-order valence-electron chi connectivity index (χ2n) is 5.38. The van der Waals surface area contributed by atoms with E-state index >= 15 is 0 Å². The molecule has 3 N–H and O–H groups in total. The number of H-pyrrole nitrogens is 1. The molecule has 3 rings (SSSR count). The van der Waals surface area contributed by atoms with Crippen LogP contribution in [-0.2, 0) is 13.1 Å². The third-order valence-corrected chi connectivity index (χ3v) is 3.51. The van der Waals surface area contributed by atoms with Crippen LogP contribution in [0.5, 0.6) is 0 Å². The maximum atomic E-state index is 11.7. The molecule has 6 nitrogen and oxygen atoms in total. The van der Waals surface area contributed by atoms with Gasteiger partial charge in [-0.2, -0.15) is 4.98 Å². The van der Waals surface area contributed by atoms with E-state index in [1.54, 1.807) is 0 Å². The number of hydrogen-bond donors (Lipinski definition) is 3. The van der Waals surface area contributed by atoms with E-state index in [4.69, 9.17) is 0 Å². The van der Waals surface area contributed by atoms with Gasteiger partial charge in [-0.05, 0) is 0 Å². The van der Waals surface area contributed by atoms with Crippen LogP contribution in [0.1, 0.15) is 5.56 Å². The number of aromatic nitrogens is 3. The van der Waals surface area contributed by atoms with Crippen LogP contribution in [0.25, 0.3) is 11.0 Å². The third kappa shape index (κ3) is 1.65. The van der Waals surface area contributed by atoms with Crippen LogP contribution in [0, 0.1) is 0 Å². The molecule has 18 heavy (non-hydrogen) atoms. The molecular weight excluding hydrogens is 230 g/mol. The molecule has 0 bridgehead atoms. The average Bonchev–Trinajstić information content (AvgIpc) is 2.62. The van der Waals surface area contributed by atoms with Gasteiger partial charge < -0.3 is 9.47 Å². The Balaban J connectivity index is 2.30. The standard InChI is InChI=1S/C12H17N5O/c1-15(2)6-8-7-17-5-4-16(3)11-10(17)9(8)13-12(18)14-11/h7H,4-6H2,1-3H3,(H,13,14,18)/p+2. The topological polar surface area (TPSA) is 59.6 Å². The Morgan fingerprint density at radius 3 is 3.06 bits per heavy atom. The van der Waals surface area contributed by atoms with Gasteiger partial charge in [-0.1, -0.05) is 0 Å². The van der Waals surface area contributed by atoms with Crippen LogP contribution in [0.15, 0.2) is 11.0 Å². The van der Waals surface area contributed by atoms with E-state index in [9.17, 15) is 4.79 Å². The van der Waals surface area contributed by atoms with Crippen LogP contribution in [-0.4, -0.2) is 42.2 Å². The zero-order valence-corrected chi connectivity index (χ0v) is 11.0. The molecule has 0 fully saturated rings. The van der Waals surface area contributed by atoms with Crippen molar-refractivity contribution in [3.05, 3.63) is 22.2 Å². The Morgan fingerprint density at radius 2 is 2.33 bits per heavy atom. The fraction of sp³-hybridized carbons (Fsp3) is 0.500. The molecule has 0 amide bonds. The highest BCUT2D eigenvalue weighted by Crippen LogP contribution is 2.22. The normalized spacial score (nSPS) is 18.8. The van der Waals surface area contributed by atoms with Crippen LogP contribution in [0.3, 0.4) is 0 Å². The molecular formula is C12H19N5O+2. The van der Waals surface area contributed by atoms with Gasteiger partial charge in [0.1, 0.15) is 24.1 Å². The van der Waals surface area contributed by atoms with Crippen molar-refractivity contribution < 1.29 is 9.80 Å². The van der Waals surface area contributed by atoms with E-state index in [0.717, 1.165) is 42.0 Å². The molecule has 2 aromatic rings. The zero-order chi connectivity index (χ0) is 12.9. The quantitative estimate of drug-likeness (QED) is 0.552. The molecule has 0 saturated heterocycles. The summed E-state index contributed by atoms with van der Waals surface area (Å²) in [5.41, 5.74) is 2.88. The van der Waals surface area contributed by atoms with Crippen LogP contribution in [0.2, 0.25) is 0 Å². The van der Waals surface area contributed by atoms with Gasteiger partial charge in [-0.3, -0.25) is 9.88 Å². The first-order valence-corrected chi connectivity index (χ1v) is 6.30. The number of nitrogens with one attached hydrogen (secondary N) is 3. The fourth-order valence-electron chi connectivity index (χ4n) is 2.69. The molecule has 1 aliphatic rings. The first-order valence-electron chi connectivity index (χ1n) is 6.30. The van der Waals surface area contributed by atoms with Gasteiger partial charge in [0.05, 0.1) is 33.3 Å². The van der Waals surface area contributed by atoms with Gasteiger partial charge in [0.2, 0.25) is 5.82 Å². The fourth-order valence-corrected chi connectivity index (χ4v) is 2.69. The first-order chi connectivity index (χ1) is 8.56. The van der Waals surface area contributed by atoms with Crippen molar-refractivity contribution in [2.45, 2.75) is 13.1 Å². The molecule has 2 aromatic heterocycles. The third-order valence-electron chi connectivity index (χ3n) is 3.51. The molecule has 1 unspecified atom stereocenters. The predicted molar refractivity (Wildman–Crippen MR) is 68.3 cm³/mol. The minimum absolute atomic E-state index is 0.244. The van der Waals surface area contributed by atoms with Crippen molar-refractivity contribution in [1.82, 2.24) is 14.5 Å². The van der Waals surface area contributed by atoms with Crippen LogP contribution >= 0.6 is 0 Å². The molecule has 1 atom stereocenters. The van der Waals surface area contributed by atoms with Crippen molar-refractivity contribution in [3.63, 3.8) is 0 Å². The van der Waals surface area contributed by atoms with Gasteiger partial charge in [-0.25, -0.2) is 4.79 Å². The van der Waals surface area contributed by atoms with Gasteiger partial charge in [0, 0.05) is 6.20 Å². The summed E-state index contributed by atoms with van der Waals surface area (Å²) in [6, 6.07) is 0. The second-order valence-corrected chi connectivity index (χ2v) is 5.38. The van der Waals surface area contributed by atoms with E-state index < -0.39 is 0 Å². The Bertz CT molecular complexity index is 654. The molecule has 3 heterocycles. The van der Waals surface area contributed by atoms with E-state index in [1.807, 2.05) is 0 Å². The van der Waals surface area contributed by atoms with Crippen molar-refractivity contribution in [1.29, 1.82) is 0 Å². The van der Waals surface area contributed by atoms with E-state index in [-0.39, 0.29) is 5.69 Å². The van der Waals surface area contributed by atoms with Gasteiger partial charge in [0.15, 0.2) is 0 Å². The number of hydrogen-bond acceptors (Lipinski definition) is 2. The molecule has 0 saturated carbocycles. The van der Waals surface area contributed by atoms with Gasteiger partial charge >= 0.3 is 5.69 Å². The Hall–Kier alpha value is -1.66. The summed E-state index contributed by atoms with van der Waals surface area (Å²) in [7, 11) is 6.29. The smallest absolute Gasteiger partial charge is 0.336 e. The summed E-state index contributed by atoms with van der Waals surface area (Å²) in [6.07, 6.45) is 2.15. The monoisotopic (exact) mass is 249 g/mol. The lowest BCUT2D eigenvalue weighted by Gasteiger charge is -2.20. The van der Waals surface area contributed by atoms with E-state index in [2.05, 4.69) is 41.9 Å². The molecule has 6 heteroatoms. The highest BCUT2D eigenvalue weighted by molar-refractivity contribution is 5.86. The van der Waals surface area contributed by atoms with Crippen molar-refractivity contribution in [3.8, 4) is 0 Å². The first kappa shape index (κ1) is 11.4.